The Kier molecular flexibility index (Phi) is 8.79. The second-order valence-corrected chi connectivity index (χ2v) is 11.4. The first-order chi connectivity index (χ1) is 21.0. The molecule has 5 aromatic rings. The predicted molar refractivity (Wildman–Crippen MR) is 169 cm³/mol. The number of thiophene rings is 1. The summed E-state index contributed by atoms with van der Waals surface area (Å²) in [6, 6.07) is 11.3. The van der Waals surface area contributed by atoms with E-state index in [4.69, 9.17) is 9.15 Å². The number of fused-ring (bicyclic) bond motifs is 1. The number of aryl methyl sites for hydroxylation is 1. The van der Waals surface area contributed by atoms with Gasteiger partial charge in [0.05, 0.1) is 25.5 Å². The van der Waals surface area contributed by atoms with Crippen molar-refractivity contribution in [3.8, 4) is 16.9 Å². The average Bonchev–Trinajstić information content (AvgIpc) is 3.62. The van der Waals surface area contributed by atoms with Crippen LogP contribution in [0.3, 0.4) is 0 Å². The molecule has 11 nitrogen and oxygen atoms in total. The molecule has 1 aromatic carbocycles. The van der Waals surface area contributed by atoms with E-state index in [1.165, 1.54) is 11.3 Å². The summed E-state index contributed by atoms with van der Waals surface area (Å²) in [5.74, 6) is 1.69. The molecule has 12 heteroatoms. The molecule has 0 saturated carbocycles. The van der Waals surface area contributed by atoms with Gasteiger partial charge in [0.15, 0.2) is 17.3 Å². The lowest BCUT2D eigenvalue weighted by atomic mass is 10.1. The van der Waals surface area contributed by atoms with Crippen LogP contribution >= 0.6 is 11.3 Å². The van der Waals surface area contributed by atoms with Crippen molar-refractivity contribution in [1.29, 1.82) is 0 Å². The molecule has 6 rings (SSSR count). The van der Waals surface area contributed by atoms with Crippen LogP contribution in [0.1, 0.15) is 24.6 Å². The van der Waals surface area contributed by atoms with Crippen molar-refractivity contribution >= 4 is 39.1 Å². The Morgan fingerprint density at radius 3 is 2.72 bits per heavy atom. The zero-order valence-electron chi connectivity index (χ0n) is 24.3. The third-order valence-corrected chi connectivity index (χ3v) is 8.41. The molecule has 0 amide bonds. The van der Waals surface area contributed by atoms with E-state index < -0.39 is 0 Å². The molecule has 1 aliphatic rings. The number of hydrogen-bond acceptors (Lipinski definition) is 11. The fourth-order valence-corrected chi connectivity index (χ4v) is 6.12. The minimum absolute atomic E-state index is 0.0303. The number of nitrogens with zero attached hydrogens (tertiary/aromatic N) is 6. The molecule has 0 bridgehead atoms. The van der Waals surface area contributed by atoms with Gasteiger partial charge in [0.1, 0.15) is 4.70 Å². The lowest BCUT2D eigenvalue weighted by Gasteiger charge is -2.27. The van der Waals surface area contributed by atoms with Gasteiger partial charge in [-0.05, 0) is 37.6 Å². The molecule has 5 heterocycles. The van der Waals surface area contributed by atoms with Gasteiger partial charge in [-0.3, -0.25) is 9.69 Å². The summed E-state index contributed by atoms with van der Waals surface area (Å²) in [6.45, 7) is 9.14. The molecular formula is C31H35N7O4S. The second kappa shape index (κ2) is 13.0. The summed E-state index contributed by atoms with van der Waals surface area (Å²) in [4.78, 5) is 26.2. The standard InChI is InChI=1S/C31H35N7O4S/c1-3-10-36(11-14-39)18-23-19-38(35-21(23)2)27-8-9-32-31(34-27)33-24-6-4-22(5-7-24)25-20-43-30-26(40)17-28(42-29(25)30)37-12-15-41-16-13-37/h4-9,17,19-20,39H,3,10-16,18H2,1-2H3,(H,32,33,34). The number of ether oxygens (including phenoxy) is 1. The summed E-state index contributed by atoms with van der Waals surface area (Å²) in [5, 5.41) is 19.3. The molecule has 0 radical (unpaired) electrons. The van der Waals surface area contributed by atoms with Gasteiger partial charge in [-0.25, -0.2) is 9.67 Å². The Balaban J connectivity index is 1.19. The van der Waals surface area contributed by atoms with Crippen LogP contribution in [0.15, 0.2) is 63.4 Å². The quantitative estimate of drug-likeness (QED) is 0.222. The van der Waals surface area contributed by atoms with E-state index >= 15 is 0 Å². The normalized spacial score (nSPS) is 13.7. The van der Waals surface area contributed by atoms with Crippen molar-refractivity contribution in [3.63, 3.8) is 0 Å². The third-order valence-electron chi connectivity index (χ3n) is 7.43. The van der Waals surface area contributed by atoms with E-state index in [9.17, 15) is 9.90 Å². The topological polar surface area (TPSA) is 122 Å². The maximum atomic E-state index is 12.8. The highest BCUT2D eigenvalue weighted by Gasteiger charge is 2.19. The first kappa shape index (κ1) is 29.0. The number of morpholine rings is 1. The van der Waals surface area contributed by atoms with E-state index in [-0.39, 0.29) is 12.0 Å². The van der Waals surface area contributed by atoms with E-state index in [1.807, 2.05) is 48.8 Å². The van der Waals surface area contributed by atoms with Crippen molar-refractivity contribution in [2.24, 2.45) is 0 Å². The number of benzene rings is 1. The van der Waals surface area contributed by atoms with Crippen molar-refractivity contribution in [2.75, 3.05) is 56.2 Å². The molecule has 1 aliphatic heterocycles. The van der Waals surface area contributed by atoms with Crippen LogP contribution in [-0.2, 0) is 11.3 Å². The van der Waals surface area contributed by atoms with Gasteiger partial charge in [0, 0.05) is 72.9 Å². The SMILES string of the molecule is CCCN(CCO)Cc1cn(-c2ccnc(Nc3ccc(-c4csc5c(=O)cc(N6CCOCC6)oc45)cc3)n2)nc1C. The van der Waals surface area contributed by atoms with Gasteiger partial charge in [0.25, 0.3) is 0 Å². The molecule has 224 valence electrons. The lowest BCUT2D eigenvalue weighted by Crippen LogP contribution is -2.36. The lowest BCUT2D eigenvalue weighted by molar-refractivity contribution is 0.121. The van der Waals surface area contributed by atoms with Gasteiger partial charge in [0.2, 0.25) is 11.4 Å². The monoisotopic (exact) mass is 601 g/mol. The predicted octanol–water partition coefficient (Wildman–Crippen LogP) is 4.59. The molecule has 0 spiro atoms. The van der Waals surface area contributed by atoms with Crippen LogP contribution in [0, 0.1) is 6.92 Å². The average molecular weight is 602 g/mol. The van der Waals surface area contributed by atoms with Gasteiger partial charge < -0.3 is 24.5 Å². The highest BCUT2D eigenvalue weighted by atomic mass is 32.1. The van der Waals surface area contributed by atoms with E-state index in [2.05, 4.69) is 37.1 Å². The fraction of sp³-hybridized carbons (Fsp3) is 0.355. The van der Waals surface area contributed by atoms with E-state index in [1.54, 1.807) is 16.9 Å². The van der Waals surface area contributed by atoms with Gasteiger partial charge in [-0.1, -0.05) is 19.1 Å². The van der Waals surface area contributed by atoms with Crippen molar-refractivity contribution in [2.45, 2.75) is 26.8 Å². The fourth-order valence-electron chi connectivity index (χ4n) is 5.20. The highest BCUT2D eigenvalue weighted by molar-refractivity contribution is 7.17. The molecule has 0 atom stereocenters. The number of aromatic nitrogens is 4. The molecule has 0 unspecified atom stereocenters. The van der Waals surface area contributed by atoms with Crippen molar-refractivity contribution in [3.05, 3.63) is 75.7 Å². The molecule has 1 fully saturated rings. The molecule has 4 aromatic heterocycles. The molecule has 2 N–H and O–H groups in total. The van der Waals surface area contributed by atoms with Gasteiger partial charge in [-0.15, -0.1) is 11.3 Å². The first-order valence-electron chi connectivity index (χ1n) is 14.5. The van der Waals surface area contributed by atoms with Crippen LogP contribution in [0.25, 0.3) is 27.2 Å². The van der Waals surface area contributed by atoms with Gasteiger partial charge >= 0.3 is 0 Å². The Morgan fingerprint density at radius 1 is 1.14 bits per heavy atom. The second-order valence-electron chi connectivity index (χ2n) is 10.5. The van der Waals surface area contributed by atoms with Crippen molar-refractivity contribution < 1.29 is 14.3 Å². The Hall–Kier alpha value is -4.10. The smallest absolute Gasteiger partial charge is 0.229 e. The summed E-state index contributed by atoms with van der Waals surface area (Å²) in [7, 11) is 0. The third kappa shape index (κ3) is 6.47. The largest absolute Gasteiger partial charge is 0.439 e. The summed E-state index contributed by atoms with van der Waals surface area (Å²) in [5.41, 5.74) is 5.27. The Labute approximate surface area is 253 Å². The van der Waals surface area contributed by atoms with E-state index in [0.717, 1.165) is 47.6 Å². The van der Waals surface area contributed by atoms with Crippen LogP contribution < -0.4 is 15.6 Å². The van der Waals surface area contributed by atoms with Crippen LogP contribution in [0.2, 0.25) is 0 Å². The molecule has 1 saturated heterocycles. The number of rotatable bonds is 11. The molecule has 43 heavy (non-hydrogen) atoms. The summed E-state index contributed by atoms with van der Waals surface area (Å²) < 4.78 is 14.1. The zero-order valence-corrected chi connectivity index (χ0v) is 25.1. The maximum Gasteiger partial charge on any atom is 0.229 e. The number of aliphatic hydroxyl groups is 1. The van der Waals surface area contributed by atoms with Crippen LogP contribution in [0.5, 0.6) is 0 Å². The first-order valence-corrected chi connectivity index (χ1v) is 15.4. The van der Waals surface area contributed by atoms with E-state index in [0.29, 0.717) is 60.8 Å². The summed E-state index contributed by atoms with van der Waals surface area (Å²) >= 11 is 1.40. The Bertz CT molecular complexity index is 1740. The minimum atomic E-state index is -0.0303. The summed E-state index contributed by atoms with van der Waals surface area (Å²) in [6.07, 6.45) is 4.71. The van der Waals surface area contributed by atoms with Crippen molar-refractivity contribution in [1.82, 2.24) is 24.6 Å². The zero-order chi connectivity index (χ0) is 29.8. The number of aliphatic hydroxyl groups excluding tert-OH is 1. The maximum absolute atomic E-state index is 12.8. The molecular weight excluding hydrogens is 566 g/mol. The number of anilines is 3. The number of hydrogen-bond donors (Lipinski definition) is 2. The number of nitrogens with one attached hydrogen (secondary N) is 1. The van der Waals surface area contributed by atoms with Crippen LogP contribution in [0.4, 0.5) is 17.5 Å². The minimum Gasteiger partial charge on any atom is -0.439 e. The molecule has 0 aliphatic carbocycles. The highest BCUT2D eigenvalue weighted by Crippen LogP contribution is 2.35. The van der Waals surface area contributed by atoms with Crippen LogP contribution in [-0.4, -0.2) is 75.8 Å². The Morgan fingerprint density at radius 2 is 1.95 bits per heavy atom. The van der Waals surface area contributed by atoms with Gasteiger partial charge in [-0.2, -0.15) is 10.1 Å².